The lowest BCUT2D eigenvalue weighted by Crippen LogP contribution is -2.65. The van der Waals surface area contributed by atoms with Crippen molar-refractivity contribution in [2.45, 2.75) is 82.8 Å². The van der Waals surface area contributed by atoms with Crippen LogP contribution in [0.1, 0.15) is 75.2 Å². The van der Waals surface area contributed by atoms with Crippen molar-refractivity contribution in [3.05, 3.63) is 59.8 Å². The molecule has 1 N–H and O–H groups in total. The fourth-order valence-electron chi connectivity index (χ4n) is 5.78. The minimum absolute atomic E-state index is 0.0151. The average Bonchev–Trinajstić information content (AvgIpc) is 3.50. The van der Waals surface area contributed by atoms with E-state index in [9.17, 15) is 9.59 Å². The number of nitrogens with one attached hydrogen (secondary N) is 1. The first-order valence-corrected chi connectivity index (χ1v) is 12.6. The predicted octanol–water partition coefficient (Wildman–Crippen LogP) is 5.32. The number of carbonyl (C=O) groups excluding carboxylic acids is 2. The van der Waals surface area contributed by atoms with Gasteiger partial charge in [-0.2, -0.15) is 0 Å². The average molecular weight is 446 g/mol. The van der Waals surface area contributed by atoms with Gasteiger partial charge in [0.15, 0.2) is 0 Å². The molecular formula is C28H35N3O2. The number of rotatable bonds is 6. The van der Waals surface area contributed by atoms with Gasteiger partial charge in [0.05, 0.1) is 6.54 Å². The van der Waals surface area contributed by atoms with Crippen LogP contribution in [0, 0.1) is 0 Å². The van der Waals surface area contributed by atoms with Crippen LogP contribution < -0.4 is 5.32 Å². The topological polar surface area (TPSA) is 54.3 Å². The number of nitrogens with zero attached hydrogens (tertiary/aromatic N) is 2. The van der Waals surface area contributed by atoms with Crippen molar-refractivity contribution in [1.82, 2.24) is 14.8 Å². The van der Waals surface area contributed by atoms with Gasteiger partial charge in [-0.05, 0) is 69.6 Å². The molecule has 0 saturated heterocycles. The van der Waals surface area contributed by atoms with E-state index in [0.717, 1.165) is 43.4 Å². The summed E-state index contributed by atoms with van der Waals surface area (Å²) < 4.78 is 2.06. The zero-order chi connectivity index (χ0) is 22.8. The first-order chi connectivity index (χ1) is 16.1. The van der Waals surface area contributed by atoms with Gasteiger partial charge < -0.3 is 14.8 Å². The molecule has 1 fully saturated rings. The lowest BCUT2D eigenvalue weighted by molar-refractivity contribution is -0.133. The summed E-state index contributed by atoms with van der Waals surface area (Å²) in [7, 11) is 0. The van der Waals surface area contributed by atoms with Gasteiger partial charge in [-0.3, -0.25) is 9.59 Å². The van der Waals surface area contributed by atoms with Crippen molar-refractivity contribution < 1.29 is 9.59 Å². The monoisotopic (exact) mass is 445 g/mol. The number of hydrogen-bond acceptors (Lipinski definition) is 2. The summed E-state index contributed by atoms with van der Waals surface area (Å²) in [6, 6.07) is 14.3. The summed E-state index contributed by atoms with van der Waals surface area (Å²) in [6.45, 7) is 3.02. The quantitative estimate of drug-likeness (QED) is 0.612. The maximum atomic E-state index is 13.8. The summed E-state index contributed by atoms with van der Waals surface area (Å²) >= 11 is 0. The number of benzene rings is 1. The largest absolute Gasteiger partial charge is 0.351 e. The van der Waals surface area contributed by atoms with Crippen molar-refractivity contribution >= 4 is 11.8 Å². The first kappa shape index (κ1) is 22.0. The number of amides is 2. The van der Waals surface area contributed by atoms with Crippen LogP contribution in [0.3, 0.4) is 0 Å². The Bertz CT molecular complexity index is 1050. The van der Waals surface area contributed by atoms with Crippen LogP contribution in [0.4, 0.5) is 0 Å². The van der Waals surface area contributed by atoms with E-state index in [-0.39, 0.29) is 17.9 Å². The number of aromatic nitrogens is 1. The summed E-state index contributed by atoms with van der Waals surface area (Å²) in [4.78, 5) is 29.4. The molecule has 5 heteroatoms. The van der Waals surface area contributed by atoms with E-state index in [1.807, 2.05) is 42.2 Å². The van der Waals surface area contributed by atoms with E-state index in [1.165, 1.54) is 31.3 Å². The van der Waals surface area contributed by atoms with E-state index in [2.05, 4.69) is 28.1 Å². The van der Waals surface area contributed by atoms with Gasteiger partial charge in [-0.1, -0.05) is 54.8 Å². The van der Waals surface area contributed by atoms with Crippen molar-refractivity contribution in [3.8, 4) is 11.3 Å². The van der Waals surface area contributed by atoms with Gasteiger partial charge in [-0.25, -0.2) is 0 Å². The van der Waals surface area contributed by atoms with E-state index >= 15 is 0 Å². The second-order valence-corrected chi connectivity index (χ2v) is 10.1. The van der Waals surface area contributed by atoms with Gasteiger partial charge in [0.1, 0.15) is 11.2 Å². The highest BCUT2D eigenvalue weighted by atomic mass is 16.2. The SMILES string of the molecule is C[C@@]1(C(=O)NC2CCCC2)Cn2c(ccc2-c2ccccc2)C(=O)N1CCC1=CCCCC1. The Hall–Kier alpha value is -2.82. The molecule has 5 nitrogen and oxygen atoms in total. The molecule has 0 unspecified atom stereocenters. The van der Waals surface area contributed by atoms with Gasteiger partial charge in [0.25, 0.3) is 5.91 Å². The van der Waals surface area contributed by atoms with Crippen LogP contribution in [0.2, 0.25) is 0 Å². The standard InChI is InChI=1S/C28H35N3O2/c1-28(27(33)29-23-14-8-9-15-23)20-30-24(22-12-6-3-7-13-22)16-17-25(30)26(32)31(28)19-18-21-10-4-2-5-11-21/h3,6-7,10,12-13,16-17,23H,2,4-5,8-9,11,14-15,18-20H2,1H3,(H,29,33)/t28-/m0/s1. The van der Waals surface area contributed by atoms with Crippen LogP contribution in [-0.4, -0.2) is 39.4 Å². The molecule has 2 aromatic rings. The fourth-order valence-corrected chi connectivity index (χ4v) is 5.78. The summed E-state index contributed by atoms with van der Waals surface area (Å²) in [5.41, 5.74) is 3.25. The molecule has 1 aromatic heterocycles. The van der Waals surface area contributed by atoms with E-state index in [4.69, 9.17) is 0 Å². The molecular weight excluding hydrogens is 410 g/mol. The molecule has 33 heavy (non-hydrogen) atoms. The number of fused-ring (bicyclic) bond motifs is 1. The zero-order valence-corrected chi connectivity index (χ0v) is 19.7. The lowest BCUT2D eigenvalue weighted by Gasteiger charge is -2.45. The number of allylic oxidation sites excluding steroid dienone is 1. The minimum atomic E-state index is -0.912. The van der Waals surface area contributed by atoms with Crippen LogP contribution in [-0.2, 0) is 11.3 Å². The van der Waals surface area contributed by atoms with Crippen LogP contribution in [0.5, 0.6) is 0 Å². The molecule has 174 valence electrons. The van der Waals surface area contributed by atoms with Crippen LogP contribution in [0.15, 0.2) is 54.1 Å². The number of hydrogen-bond donors (Lipinski definition) is 1. The zero-order valence-electron chi connectivity index (χ0n) is 19.7. The Morgan fingerprint density at radius 2 is 1.79 bits per heavy atom. The third kappa shape index (κ3) is 4.25. The highest BCUT2D eigenvalue weighted by Gasteiger charge is 2.48. The maximum Gasteiger partial charge on any atom is 0.271 e. The summed E-state index contributed by atoms with van der Waals surface area (Å²) in [5, 5.41) is 3.30. The van der Waals surface area contributed by atoms with Crippen molar-refractivity contribution in [2.24, 2.45) is 0 Å². The minimum Gasteiger partial charge on any atom is -0.351 e. The first-order valence-electron chi connectivity index (χ1n) is 12.6. The van der Waals surface area contributed by atoms with E-state index in [1.54, 1.807) is 0 Å². The maximum absolute atomic E-state index is 13.8. The van der Waals surface area contributed by atoms with E-state index in [0.29, 0.717) is 18.8 Å². The molecule has 2 aliphatic carbocycles. The Kier molecular flexibility index (Phi) is 6.13. The van der Waals surface area contributed by atoms with E-state index < -0.39 is 5.54 Å². The molecule has 0 radical (unpaired) electrons. The van der Waals surface area contributed by atoms with Crippen molar-refractivity contribution in [1.29, 1.82) is 0 Å². The van der Waals surface area contributed by atoms with Gasteiger partial charge >= 0.3 is 0 Å². The van der Waals surface area contributed by atoms with Crippen LogP contribution in [0.25, 0.3) is 11.3 Å². The van der Waals surface area contributed by atoms with Gasteiger partial charge in [0, 0.05) is 18.3 Å². The molecule has 1 saturated carbocycles. The third-order valence-corrected chi connectivity index (χ3v) is 7.80. The van der Waals surface area contributed by atoms with Crippen molar-refractivity contribution in [2.75, 3.05) is 6.54 Å². The fraction of sp³-hybridized carbons (Fsp3) is 0.500. The van der Waals surface area contributed by atoms with Crippen molar-refractivity contribution in [3.63, 3.8) is 0 Å². The molecule has 3 aliphatic rings. The molecule has 0 bridgehead atoms. The molecule has 2 amide bonds. The second-order valence-electron chi connectivity index (χ2n) is 10.1. The van der Waals surface area contributed by atoms with Gasteiger partial charge in [-0.15, -0.1) is 0 Å². The third-order valence-electron chi connectivity index (χ3n) is 7.80. The second kappa shape index (κ2) is 9.20. The molecule has 5 rings (SSSR count). The number of carbonyl (C=O) groups is 2. The highest BCUT2D eigenvalue weighted by molar-refractivity contribution is 6.00. The molecule has 1 atom stereocenters. The Labute approximate surface area is 196 Å². The normalized spacial score (nSPS) is 23.4. The van der Waals surface area contributed by atoms with Gasteiger partial charge in [0.2, 0.25) is 5.91 Å². The summed E-state index contributed by atoms with van der Waals surface area (Å²) in [5.74, 6) is -0.0531. The molecule has 1 aromatic carbocycles. The Morgan fingerprint density at radius 1 is 1.03 bits per heavy atom. The predicted molar refractivity (Wildman–Crippen MR) is 131 cm³/mol. The van der Waals surface area contributed by atoms with Crippen LogP contribution >= 0.6 is 0 Å². The molecule has 0 spiro atoms. The smallest absolute Gasteiger partial charge is 0.271 e. The lowest BCUT2D eigenvalue weighted by atomic mass is 9.92. The molecule has 1 aliphatic heterocycles. The summed E-state index contributed by atoms with van der Waals surface area (Å²) in [6.07, 6.45) is 12.3. The Morgan fingerprint density at radius 3 is 2.52 bits per heavy atom. The highest BCUT2D eigenvalue weighted by Crippen LogP contribution is 2.34. The molecule has 2 heterocycles. The Balaban J connectivity index is 1.48.